The van der Waals surface area contributed by atoms with Gasteiger partial charge in [-0.15, -0.1) is 0 Å². The van der Waals surface area contributed by atoms with Crippen LogP contribution in [0.15, 0.2) is 24.3 Å². The van der Waals surface area contributed by atoms with Gasteiger partial charge in [0.15, 0.2) is 0 Å². The molecule has 2 aromatic rings. The van der Waals surface area contributed by atoms with Gasteiger partial charge in [-0.2, -0.15) is 0 Å². The van der Waals surface area contributed by atoms with Crippen molar-refractivity contribution >= 4 is 17.4 Å². The summed E-state index contributed by atoms with van der Waals surface area (Å²) in [6.45, 7) is 2.11. The van der Waals surface area contributed by atoms with Crippen molar-refractivity contribution in [1.29, 1.82) is 0 Å². The molecular weight excluding hydrogens is 274 g/mol. The van der Waals surface area contributed by atoms with Crippen molar-refractivity contribution in [3.05, 3.63) is 35.1 Å². The van der Waals surface area contributed by atoms with Gasteiger partial charge in [-0.25, -0.2) is 9.97 Å². The molecule has 0 spiro atoms. The summed E-state index contributed by atoms with van der Waals surface area (Å²) in [6.07, 6.45) is 1.84. The number of aryl methyl sites for hydroxylation is 1. The smallest absolute Gasteiger partial charge is 0.131 e. The van der Waals surface area contributed by atoms with Crippen LogP contribution in [0.4, 0.5) is 5.82 Å². The molecule has 106 valence electrons. The predicted molar refractivity (Wildman–Crippen MR) is 82.6 cm³/mol. The van der Waals surface area contributed by atoms with Crippen molar-refractivity contribution in [3.63, 3.8) is 0 Å². The first-order valence-corrected chi connectivity index (χ1v) is 6.95. The average Bonchev–Trinajstić information content (AvgIpc) is 2.47. The van der Waals surface area contributed by atoms with Crippen LogP contribution < -0.4 is 10.1 Å². The molecule has 0 amide bonds. The third kappa shape index (κ3) is 3.20. The Hall–Kier alpha value is -1.81. The van der Waals surface area contributed by atoms with E-state index in [-0.39, 0.29) is 0 Å². The fourth-order valence-corrected chi connectivity index (χ4v) is 2.15. The Bertz CT molecular complexity index is 602. The van der Waals surface area contributed by atoms with E-state index in [0.717, 1.165) is 41.5 Å². The summed E-state index contributed by atoms with van der Waals surface area (Å²) in [6, 6.07) is 7.40. The second-order valence-corrected chi connectivity index (χ2v) is 4.84. The number of methoxy groups -OCH3 is 1. The lowest BCUT2D eigenvalue weighted by molar-refractivity contribution is 0.416. The standard InChI is InChI=1S/C15H18ClN3O/c1-4-5-14-18-12(9-15(17-2)19-14)11-8-10(16)6-7-13(11)20-3/h6-9H,4-5H2,1-3H3,(H,17,18,19). The molecule has 0 atom stereocenters. The molecule has 0 aliphatic carbocycles. The number of rotatable bonds is 5. The number of nitrogens with one attached hydrogen (secondary N) is 1. The topological polar surface area (TPSA) is 47.0 Å². The molecule has 5 heteroatoms. The molecule has 0 saturated carbocycles. The molecule has 0 aliphatic heterocycles. The largest absolute Gasteiger partial charge is 0.496 e. The molecule has 0 saturated heterocycles. The van der Waals surface area contributed by atoms with E-state index >= 15 is 0 Å². The van der Waals surface area contributed by atoms with Crippen molar-refractivity contribution in [1.82, 2.24) is 9.97 Å². The number of halogens is 1. The van der Waals surface area contributed by atoms with Gasteiger partial charge in [-0.3, -0.25) is 0 Å². The number of aromatic nitrogens is 2. The molecule has 1 aromatic heterocycles. The van der Waals surface area contributed by atoms with E-state index in [1.807, 2.05) is 25.2 Å². The molecule has 1 aromatic carbocycles. The summed E-state index contributed by atoms with van der Waals surface area (Å²) < 4.78 is 5.39. The van der Waals surface area contributed by atoms with Crippen molar-refractivity contribution in [2.75, 3.05) is 19.5 Å². The summed E-state index contributed by atoms with van der Waals surface area (Å²) in [5, 5.41) is 3.72. The lowest BCUT2D eigenvalue weighted by atomic mass is 10.1. The summed E-state index contributed by atoms with van der Waals surface area (Å²) >= 11 is 6.08. The number of hydrogen-bond acceptors (Lipinski definition) is 4. The Morgan fingerprint density at radius 1 is 1.25 bits per heavy atom. The van der Waals surface area contributed by atoms with E-state index in [1.165, 1.54) is 0 Å². The zero-order chi connectivity index (χ0) is 14.5. The van der Waals surface area contributed by atoms with Crippen LogP contribution in [-0.2, 0) is 6.42 Å². The fourth-order valence-electron chi connectivity index (χ4n) is 1.98. The lowest BCUT2D eigenvalue weighted by Gasteiger charge is -2.11. The van der Waals surface area contributed by atoms with Gasteiger partial charge < -0.3 is 10.1 Å². The molecule has 0 fully saturated rings. The highest BCUT2D eigenvalue weighted by Crippen LogP contribution is 2.32. The average molecular weight is 292 g/mol. The Morgan fingerprint density at radius 2 is 2.05 bits per heavy atom. The Balaban J connectivity index is 2.56. The van der Waals surface area contributed by atoms with E-state index < -0.39 is 0 Å². The maximum Gasteiger partial charge on any atom is 0.131 e. The van der Waals surface area contributed by atoms with Crippen LogP contribution in [0.2, 0.25) is 5.02 Å². The number of benzene rings is 1. The molecule has 1 heterocycles. The van der Waals surface area contributed by atoms with Crippen LogP contribution in [0.1, 0.15) is 19.2 Å². The summed E-state index contributed by atoms with van der Waals surface area (Å²) in [7, 11) is 3.48. The third-order valence-corrected chi connectivity index (χ3v) is 3.17. The third-order valence-electron chi connectivity index (χ3n) is 2.94. The second-order valence-electron chi connectivity index (χ2n) is 4.40. The SMILES string of the molecule is CCCc1nc(NC)cc(-c2cc(Cl)ccc2OC)n1. The molecule has 0 radical (unpaired) electrons. The van der Waals surface area contributed by atoms with Crippen molar-refractivity contribution in [3.8, 4) is 17.0 Å². The lowest BCUT2D eigenvalue weighted by Crippen LogP contribution is -2.02. The molecule has 0 unspecified atom stereocenters. The molecule has 2 rings (SSSR count). The molecule has 0 aliphatic rings. The van der Waals surface area contributed by atoms with Crippen LogP contribution in [0, 0.1) is 0 Å². The van der Waals surface area contributed by atoms with E-state index in [1.54, 1.807) is 13.2 Å². The number of nitrogens with zero attached hydrogens (tertiary/aromatic N) is 2. The van der Waals surface area contributed by atoms with Crippen LogP contribution in [0.3, 0.4) is 0 Å². The van der Waals surface area contributed by atoms with Gasteiger partial charge in [0.05, 0.1) is 12.8 Å². The van der Waals surface area contributed by atoms with Crippen LogP contribution in [0.5, 0.6) is 5.75 Å². The maximum atomic E-state index is 6.08. The van der Waals surface area contributed by atoms with Gasteiger partial charge >= 0.3 is 0 Å². The van der Waals surface area contributed by atoms with Crippen LogP contribution in [0.25, 0.3) is 11.3 Å². The maximum absolute atomic E-state index is 6.08. The first-order valence-electron chi connectivity index (χ1n) is 6.57. The Kier molecular flexibility index (Phi) is 4.79. The summed E-state index contributed by atoms with van der Waals surface area (Å²) in [5.41, 5.74) is 1.68. The van der Waals surface area contributed by atoms with Gasteiger partial charge in [0.1, 0.15) is 17.4 Å². The summed E-state index contributed by atoms with van der Waals surface area (Å²) in [5.74, 6) is 2.36. The highest BCUT2D eigenvalue weighted by atomic mass is 35.5. The fraction of sp³-hybridized carbons (Fsp3) is 0.333. The molecule has 4 nitrogen and oxygen atoms in total. The Morgan fingerprint density at radius 3 is 2.70 bits per heavy atom. The van der Waals surface area contributed by atoms with Crippen molar-refractivity contribution in [2.24, 2.45) is 0 Å². The molecule has 20 heavy (non-hydrogen) atoms. The molecule has 0 bridgehead atoms. The minimum atomic E-state index is 0.655. The normalized spacial score (nSPS) is 10.4. The first-order chi connectivity index (χ1) is 9.67. The summed E-state index contributed by atoms with van der Waals surface area (Å²) in [4.78, 5) is 9.05. The van der Waals surface area contributed by atoms with Gasteiger partial charge in [-0.05, 0) is 24.6 Å². The highest BCUT2D eigenvalue weighted by molar-refractivity contribution is 6.30. The second kappa shape index (κ2) is 6.57. The minimum absolute atomic E-state index is 0.655. The predicted octanol–water partition coefficient (Wildman–Crippen LogP) is 3.80. The van der Waals surface area contributed by atoms with Crippen LogP contribution in [-0.4, -0.2) is 24.1 Å². The minimum Gasteiger partial charge on any atom is -0.496 e. The zero-order valence-electron chi connectivity index (χ0n) is 11.9. The van der Waals surface area contributed by atoms with Crippen molar-refractivity contribution < 1.29 is 4.74 Å². The van der Waals surface area contributed by atoms with E-state index in [2.05, 4.69) is 22.2 Å². The highest BCUT2D eigenvalue weighted by Gasteiger charge is 2.11. The van der Waals surface area contributed by atoms with Gasteiger partial charge in [0.25, 0.3) is 0 Å². The number of hydrogen-bond donors (Lipinski definition) is 1. The van der Waals surface area contributed by atoms with Crippen LogP contribution >= 0.6 is 11.6 Å². The molecule has 1 N–H and O–H groups in total. The Labute approximate surface area is 124 Å². The van der Waals surface area contributed by atoms with Crippen molar-refractivity contribution in [2.45, 2.75) is 19.8 Å². The van der Waals surface area contributed by atoms with Gasteiger partial charge in [0.2, 0.25) is 0 Å². The quantitative estimate of drug-likeness (QED) is 0.910. The number of anilines is 1. The molecular formula is C15H18ClN3O. The van der Waals surface area contributed by atoms with E-state index in [4.69, 9.17) is 16.3 Å². The van der Waals surface area contributed by atoms with E-state index in [9.17, 15) is 0 Å². The van der Waals surface area contributed by atoms with Gasteiger partial charge in [-0.1, -0.05) is 18.5 Å². The number of ether oxygens (including phenoxy) is 1. The zero-order valence-corrected chi connectivity index (χ0v) is 12.7. The monoisotopic (exact) mass is 291 g/mol. The van der Waals surface area contributed by atoms with Gasteiger partial charge in [0, 0.05) is 30.1 Å². The first kappa shape index (κ1) is 14.6. The van der Waals surface area contributed by atoms with E-state index in [0.29, 0.717) is 5.02 Å².